The summed E-state index contributed by atoms with van der Waals surface area (Å²) in [6.45, 7) is 0. The summed E-state index contributed by atoms with van der Waals surface area (Å²) in [6, 6.07) is 27.7. The number of para-hydroxylation sites is 1. The van der Waals surface area contributed by atoms with E-state index < -0.39 is 16.0 Å². The van der Waals surface area contributed by atoms with Gasteiger partial charge in [0.1, 0.15) is 5.75 Å². The SMILES string of the molecule is CN(c1ccccc1)S(=O)(=O)c1cccc(C(=O)Oc2ccc3ccccc3c2)c1. The van der Waals surface area contributed by atoms with Crippen LogP contribution in [0.1, 0.15) is 10.4 Å². The monoisotopic (exact) mass is 417 g/mol. The molecule has 0 atom stereocenters. The van der Waals surface area contributed by atoms with Gasteiger partial charge in [-0.1, -0.05) is 54.6 Å². The number of esters is 1. The van der Waals surface area contributed by atoms with Crippen LogP contribution in [0, 0.1) is 0 Å². The van der Waals surface area contributed by atoms with Crippen LogP contribution in [0.2, 0.25) is 0 Å². The summed E-state index contributed by atoms with van der Waals surface area (Å²) in [7, 11) is -2.35. The molecule has 0 unspecified atom stereocenters. The Hall–Kier alpha value is -3.64. The van der Waals surface area contributed by atoms with Crippen molar-refractivity contribution < 1.29 is 17.9 Å². The number of nitrogens with zero attached hydrogens (tertiary/aromatic N) is 1. The van der Waals surface area contributed by atoms with Gasteiger partial charge in [-0.15, -0.1) is 0 Å². The van der Waals surface area contributed by atoms with Gasteiger partial charge in [-0.05, 0) is 53.2 Å². The van der Waals surface area contributed by atoms with E-state index in [2.05, 4.69) is 0 Å². The highest BCUT2D eigenvalue weighted by atomic mass is 32.2. The number of sulfonamides is 1. The number of fused-ring (bicyclic) bond motifs is 1. The Kier molecular flexibility index (Phi) is 5.25. The van der Waals surface area contributed by atoms with E-state index in [-0.39, 0.29) is 10.5 Å². The van der Waals surface area contributed by atoms with Crippen molar-refractivity contribution >= 4 is 32.5 Å². The number of carbonyl (C=O) groups excluding carboxylic acids is 1. The summed E-state index contributed by atoms with van der Waals surface area (Å²) in [5, 5.41) is 1.98. The zero-order valence-corrected chi connectivity index (χ0v) is 17.0. The second-order valence-corrected chi connectivity index (χ2v) is 8.70. The van der Waals surface area contributed by atoms with Gasteiger partial charge in [0.15, 0.2) is 0 Å². The molecular weight excluding hydrogens is 398 g/mol. The molecule has 0 bridgehead atoms. The molecule has 0 aliphatic rings. The van der Waals surface area contributed by atoms with Gasteiger partial charge >= 0.3 is 5.97 Å². The van der Waals surface area contributed by atoms with Crippen LogP contribution in [0.5, 0.6) is 5.75 Å². The third-order valence-corrected chi connectivity index (χ3v) is 6.56. The van der Waals surface area contributed by atoms with Crippen molar-refractivity contribution in [2.24, 2.45) is 0 Å². The minimum atomic E-state index is -3.82. The van der Waals surface area contributed by atoms with Crippen molar-refractivity contribution in [1.82, 2.24) is 0 Å². The topological polar surface area (TPSA) is 63.7 Å². The van der Waals surface area contributed by atoms with Crippen LogP contribution in [0.4, 0.5) is 5.69 Å². The Bertz CT molecular complexity index is 1320. The van der Waals surface area contributed by atoms with Gasteiger partial charge < -0.3 is 4.74 Å². The van der Waals surface area contributed by atoms with Crippen LogP contribution >= 0.6 is 0 Å². The molecule has 0 fully saturated rings. The van der Waals surface area contributed by atoms with Crippen LogP contribution < -0.4 is 9.04 Å². The number of rotatable bonds is 5. The van der Waals surface area contributed by atoms with Crippen molar-refractivity contribution in [3.8, 4) is 5.75 Å². The standard InChI is InChI=1S/C24H19NO4S/c1-25(21-11-3-2-4-12-21)30(27,28)23-13-7-10-20(17-23)24(26)29-22-15-14-18-8-5-6-9-19(18)16-22/h2-17H,1H3. The zero-order chi connectivity index (χ0) is 21.1. The van der Waals surface area contributed by atoms with E-state index in [4.69, 9.17) is 4.74 Å². The van der Waals surface area contributed by atoms with Gasteiger partial charge in [0, 0.05) is 7.05 Å². The lowest BCUT2D eigenvalue weighted by Crippen LogP contribution is -2.26. The molecular formula is C24H19NO4S. The fraction of sp³-hybridized carbons (Fsp3) is 0.0417. The number of hydrogen-bond acceptors (Lipinski definition) is 4. The third-order valence-electron chi connectivity index (χ3n) is 4.78. The molecule has 0 amide bonds. The molecule has 0 aliphatic carbocycles. The molecule has 4 aromatic carbocycles. The fourth-order valence-electron chi connectivity index (χ4n) is 3.12. The quantitative estimate of drug-likeness (QED) is 0.343. The molecule has 0 saturated heterocycles. The molecule has 5 nitrogen and oxygen atoms in total. The van der Waals surface area contributed by atoms with Gasteiger partial charge in [-0.25, -0.2) is 13.2 Å². The first-order valence-corrected chi connectivity index (χ1v) is 10.7. The molecule has 0 saturated carbocycles. The molecule has 0 heterocycles. The summed E-state index contributed by atoms with van der Waals surface area (Å²) in [5.41, 5.74) is 0.687. The minimum absolute atomic E-state index is 0.0156. The van der Waals surface area contributed by atoms with Gasteiger partial charge in [-0.2, -0.15) is 0 Å². The summed E-state index contributed by atoms with van der Waals surface area (Å²) in [5.74, 6) is -0.224. The predicted molar refractivity (Wildman–Crippen MR) is 117 cm³/mol. The molecule has 0 aliphatic heterocycles. The number of benzene rings is 4. The van der Waals surface area contributed by atoms with Gasteiger partial charge in [0.25, 0.3) is 10.0 Å². The van der Waals surface area contributed by atoms with Crippen LogP contribution in [0.3, 0.4) is 0 Å². The average Bonchev–Trinajstić information content (AvgIpc) is 2.79. The number of carbonyl (C=O) groups is 1. The summed E-state index contributed by atoms with van der Waals surface area (Å²) >= 11 is 0. The molecule has 0 N–H and O–H groups in total. The second kappa shape index (κ2) is 8.00. The molecule has 30 heavy (non-hydrogen) atoms. The lowest BCUT2D eigenvalue weighted by molar-refractivity contribution is 0.0734. The van der Waals surface area contributed by atoms with E-state index in [0.29, 0.717) is 11.4 Å². The molecule has 0 radical (unpaired) electrons. The number of hydrogen-bond donors (Lipinski definition) is 0. The van der Waals surface area contributed by atoms with Crippen LogP contribution in [-0.2, 0) is 10.0 Å². The maximum Gasteiger partial charge on any atom is 0.343 e. The van der Waals surface area contributed by atoms with E-state index in [1.54, 1.807) is 36.4 Å². The molecule has 0 spiro atoms. The number of anilines is 1. The van der Waals surface area contributed by atoms with Gasteiger partial charge in [0.2, 0.25) is 0 Å². The van der Waals surface area contributed by atoms with Crippen LogP contribution in [0.15, 0.2) is 102 Å². The van der Waals surface area contributed by atoms with Crippen molar-refractivity contribution in [2.75, 3.05) is 11.4 Å². The van der Waals surface area contributed by atoms with E-state index in [1.807, 2.05) is 36.4 Å². The summed E-state index contributed by atoms with van der Waals surface area (Å²) in [4.78, 5) is 12.7. The fourth-order valence-corrected chi connectivity index (χ4v) is 4.36. The minimum Gasteiger partial charge on any atom is -0.423 e. The van der Waals surface area contributed by atoms with E-state index in [1.165, 1.54) is 35.6 Å². The van der Waals surface area contributed by atoms with Crippen molar-refractivity contribution in [2.45, 2.75) is 4.90 Å². The first kappa shape index (κ1) is 19.7. The highest BCUT2D eigenvalue weighted by Crippen LogP contribution is 2.24. The molecule has 6 heteroatoms. The van der Waals surface area contributed by atoms with Gasteiger partial charge in [-0.3, -0.25) is 4.31 Å². The highest BCUT2D eigenvalue weighted by molar-refractivity contribution is 7.92. The number of ether oxygens (including phenoxy) is 1. The Labute approximate surface area is 175 Å². The first-order valence-electron chi connectivity index (χ1n) is 9.30. The lowest BCUT2D eigenvalue weighted by Gasteiger charge is -2.19. The molecule has 0 aromatic heterocycles. The zero-order valence-electron chi connectivity index (χ0n) is 16.2. The summed E-state index contributed by atoms with van der Waals surface area (Å²) in [6.07, 6.45) is 0. The maximum absolute atomic E-state index is 13.0. The predicted octanol–water partition coefficient (Wildman–Crippen LogP) is 4.88. The molecule has 150 valence electrons. The molecule has 4 rings (SSSR count). The van der Waals surface area contributed by atoms with E-state index >= 15 is 0 Å². The van der Waals surface area contributed by atoms with Crippen LogP contribution in [-0.4, -0.2) is 21.4 Å². The van der Waals surface area contributed by atoms with Crippen molar-refractivity contribution in [3.05, 3.63) is 103 Å². The van der Waals surface area contributed by atoms with Crippen LogP contribution in [0.25, 0.3) is 10.8 Å². The smallest absolute Gasteiger partial charge is 0.343 e. The third kappa shape index (κ3) is 3.90. The Balaban J connectivity index is 1.59. The second-order valence-electron chi connectivity index (χ2n) is 6.73. The lowest BCUT2D eigenvalue weighted by atomic mass is 10.1. The van der Waals surface area contributed by atoms with E-state index in [0.717, 1.165) is 10.8 Å². The normalized spacial score (nSPS) is 11.2. The Morgan fingerprint density at radius 1 is 0.767 bits per heavy atom. The largest absolute Gasteiger partial charge is 0.423 e. The maximum atomic E-state index is 13.0. The van der Waals surface area contributed by atoms with Crippen molar-refractivity contribution in [1.29, 1.82) is 0 Å². The van der Waals surface area contributed by atoms with E-state index in [9.17, 15) is 13.2 Å². The average molecular weight is 417 g/mol. The first-order chi connectivity index (χ1) is 14.4. The highest BCUT2D eigenvalue weighted by Gasteiger charge is 2.22. The Morgan fingerprint density at radius 3 is 2.23 bits per heavy atom. The van der Waals surface area contributed by atoms with Crippen molar-refractivity contribution in [3.63, 3.8) is 0 Å². The Morgan fingerprint density at radius 2 is 1.47 bits per heavy atom. The van der Waals surface area contributed by atoms with Gasteiger partial charge in [0.05, 0.1) is 16.1 Å². The molecule has 4 aromatic rings. The summed E-state index contributed by atoms with van der Waals surface area (Å²) < 4.78 is 32.6.